The van der Waals surface area contributed by atoms with Crippen molar-refractivity contribution in [2.75, 3.05) is 6.61 Å². The predicted octanol–water partition coefficient (Wildman–Crippen LogP) is 4.31. The van der Waals surface area contributed by atoms with Gasteiger partial charge in [0.05, 0.1) is 17.7 Å². The minimum absolute atomic E-state index is 0.355. The van der Waals surface area contributed by atoms with Crippen LogP contribution in [-0.2, 0) is 0 Å². The summed E-state index contributed by atoms with van der Waals surface area (Å²) < 4.78 is 7.23. The Labute approximate surface area is 168 Å². The number of halogens is 2. The monoisotopic (exact) mass is 516 g/mol. The van der Waals surface area contributed by atoms with Gasteiger partial charge in [0.25, 0.3) is 11.8 Å². The fraction of sp³-hybridized carbons (Fsp3) is 0.222. The lowest BCUT2D eigenvalue weighted by Gasteiger charge is -2.13. The van der Waals surface area contributed by atoms with Gasteiger partial charge in [-0.05, 0) is 59.3 Å². The summed E-state index contributed by atoms with van der Waals surface area (Å²) in [4.78, 5) is 24.6. The molecule has 5 nitrogen and oxygen atoms in total. The Bertz CT molecular complexity index is 768. The fourth-order valence-electron chi connectivity index (χ4n) is 2.03. The highest BCUT2D eigenvalue weighted by atomic mass is 127. The zero-order chi connectivity index (χ0) is 18.2. The molecular formula is C18H18BrIN2O3. The lowest BCUT2D eigenvalue weighted by Crippen LogP contribution is -2.42. The number of hydrazine groups is 1. The number of nitrogens with one attached hydrogen (secondary N) is 2. The maximum atomic E-state index is 12.4. The molecule has 7 heteroatoms. The molecule has 0 fully saturated rings. The maximum absolute atomic E-state index is 12.4. The molecule has 25 heavy (non-hydrogen) atoms. The largest absolute Gasteiger partial charge is 0.493 e. The topological polar surface area (TPSA) is 67.4 Å². The first-order valence-corrected chi connectivity index (χ1v) is 9.67. The highest BCUT2D eigenvalue weighted by Gasteiger charge is 2.15. The van der Waals surface area contributed by atoms with Crippen molar-refractivity contribution in [2.24, 2.45) is 0 Å². The van der Waals surface area contributed by atoms with Crippen molar-refractivity contribution in [1.29, 1.82) is 0 Å². The number of carbonyl (C=O) groups is 2. The van der Waals surface area contributed by atoms with E-state index in [0.717, 1.165) is 20.9 Å². The smallest absolute Gasteiger partial charge is 0.273 e. The van der Waals surface area contributed by atoms with Crippen LogP contribution in [0.3, 0.4) is 0 Å². The predicted molar refractivity (Wildman–Crippen MR) is 109 cm³/mol. The molecule has 0 aliphatic carbocycles. The van der Waals surface area contributed by atoms with Crippen LogP contribution in [0, 0.1) is 3.57 Å². The Balaban J connectivity index is 2.06. The third kappa shape index (κ3) is 5.71. The normalized spacial score (nSPS) is 10.2. The molecule has 0 saturated heterocycles. The number of hydrogen-bond donors (Lipinski definition) is 2. The van der Waals surface area contributed by atoms with Crippen LogP contribution in [-0.4, -0.2) is 18.4 Å². The molecule has 0 atom stereocenters. The Hall–Kier alpha value is -1.61. The summed E-state index contributed by atoms with van der Waals surface area (Å²) in [5.74, 6) is -0.327. The van der Waals surface area contributed by atoms with Gasteiger partial charge < -0.3 is 4.74 Å². The van der Waals surface area contributed by atoms with Gasteiger partial charge in [0.15, 0.2) is 0 Å². The molecule has 2 rings (SSSR count). The van der Waals surface area contributed by atoms with Crippen molar-refractivity contribution < 1.29 is 14.3 Å². The van der Waals surface area contributed by atoms with E-state index in [-0.39, 0.29) is 5.91 Å². The van der Waals surface area contributed by atoms with Crippen LogP contribution < -0.4 is 15.6 Å². The van der Waals surface area contributed by atoms with Crippen molar-refractivity contribution in [3.8, 4) is 5.75 Å². The molecule has 0 aliphatic heterocycles. The van der Waals surface area contributed by atoms with Crippen LogP contribution in [0.15, 0.2) is 46.9 Å². The van der Waals surface area contributed by atoms with Crippen molar-refractivity contribution in [3.05, 3.63) is 61.6 Å². The Kier molecular flexibility index (Phi) is 7.70. The third-order valence-electron chi connectivity index (χ3n) is 3.35. The number of hydrogen-bond acceptors (Lipinski definition) is 3. The maximum Gasteiger partial charge on any atom is 0.273 e. The van der Waals surface area contributed by atoms with Gasteiger partial charge in [-0.1, -0.05) is 41.4 Å². The third-order valence-corrected chi connectivity index (χ3v) is 4.78. The van der Waals surface area contributed by atoms with E-state index in [2.05, 4.69) is 56.3 Å². The van der Waals surface area contributed by atoms with Crippen molar-refractivity contribution >= 4 is 50.3 Å². The van der Waals surface area contributed by atoms with Crippen molar-refractivity contribution in [3.63, 3.8) is 0 Å². The molecule has 0 spiro atoms. The summed E-state index contributed by atoms with van der Waals surface area (Å²) in [6, 6.07) is 12.3. The minimum Gasteiger partial charge on any atom is -0.493 e. The van der Waals surface area contributed by atoms with Crippen LogP contribution in [0.5, 0.6) is 5.75 Å². The summed E-state index contributed by atoms with van der Waals surface area (Å²) in [5.41, 5.74) is 5.73. The summed E-state index contributed by atoms with van der Waals surface area (Å²) in [6.45, 7) is 2.60. The van der Waals surface area contributed by atoms with Crippen molar-refractivity contribution in [1.82, 2.24) is 10.9 Å². The summed E-state index contributed by atoms with van der Waals surface area (Å²) in [7, 11) is 0. The first-order chi connectivity index (χ1) is 12.0. The molecule has 0 saturated carbocycles. The zero-order valence-electron chi connectivity index (χ0n) is 13.6. The first kappa shape index (κ1) is 19.7. The van der Waals surface area contributed by atoms with Gasteiger partial charge in [-0.2, -0.15) is 0 Å². The van der Waals surface area contributed by atoms with E-state index >= 15 is 0 Å². The molecule has 2 N–H and O–H groups in total. The summed E-state index contributed by atoms with van der Waals surface area (Å²) in [6.07, 6.45) is 1.91. The van der Waals surface area contributed by atoms with Crippen LogP contribution >= 0.6 is 38.5 Å². The molecule has 0 heterocycles. The molecular weight excluding hydrogens is 499 g/mol. The molecule has 0 radical (unpaired) electrons. The Morgan fingerprint density at radius 1 is 1.08 bits per heavy atom. The number of ether oxygens (including phenoxy) is 1. The zero-order valence-corrected chi connectivity index (χ0v) is 17.4. The standard InChI is InChI=1S/C18H18BrIN2O3/c1-2-3-10-25-16-9-8-12(19)11-14(16)18(24)22-21-17(23)13-6-4-5-7-15(13)20/h4-9,11H,2-3,10H2,1H3,(H,21,23)(H,22,24). The van der Waals surface area contributed by atoms with Gasteiger partial charge in [0.1, 0.15) is 5.75 Å². The van der Waals surface area contributed by atoms with E-state index in [1.165, 1.54) is 0 Å². The average Bonchev–Trinajstić information content (AvgIpc) is 2.61. The SMILES string of the molecule is CCCCOc1ccc(Br)cc1C(=O)NNC(=O)c1ccccc1I. The lowest BCUT2D eigenvalue weighted by molar-refractivity contribution is 0.0843. The van der Waals surface area contributed by atoms with Crippen molar-refractivity contribution in [2.45, 2.75) is 19.8 Å². The average molecular weight is 517 g/mol. The second-order valence-corrected chi connectivity index (χ2v) is 7.31. The molecule has 132 valence electrons. The molecule has 0 aromatic heterocycles. The van der Waals surface area contributed by atoms with Gasteiger partial charge in [0, 0.05) is 8.04 Å². The quantitative estimate of drug-likeness (QED) is 0.341. The van der Waals surface area contributed by atoms with E-state index in [0.29, 0.717) is 23.5 Å². The summed E-state index contributed by atoms with van der Waals surface area (Å²) in [5, 5.41) is 0. The molecule has 2 amide bonds. The molecule has 0 aliphatic rings. The fourth-order valence-corrected chi connectivity index (χ4v) is 3.02. The van der Waals surface area contributed by atoms with E-state index < -0.39 is 5.91 Å². The number of benzene rings is 2. The van der Waals surface area contributed by atoms with Gasteiger partial charge >= 0.3 is 0 Å². The van der Waals surface area contributed by atoms with Gasteiger partial charge in [0.2, 0.25) is 0 Å². The highest BCUT2D eigenvalue weighted by Crippen LogP contribution is 2.23. The first-order valence-electron chi connectivity index (χ1n) is 7.80. The Morgan fingerprint density at radius 3 is 2.44 bits per heavy atom. The van der Waals surface area contributed by atoms with Crippen LogP contribution in [0.2, 0.25) is 0 Å². The molecule has 0 bridgehead atoms. The van der Waals surface area contributed by atoms with Gasteiger partial charge in [-0.25, -0.2) is 0 Å². The summed E-state index contributed by atoms with van der Waals surface area (Å²) >= 11 is 5.42. The molecule has 0 unspecified atom stereocenters. The van der Waals surface area contributed by atoms with E-state index in [1.54, 1.807) is 24.3 Å². The molecule has 2 aromatic rings. The van der Waals surface area contributed by atoms with Crippen LogP contribution in [0.25, 0.3) is 0 Å². The second kappa shape index (κ2) is 9.76. The van der Waals surface area contributed by atoms with Crippen LogP contribution in [0.1, 0.15) is 40.5 Å². The van der Waals surface area contributed by atoms with E-state index in [1.807, 2.05) is 18.2 Å². The van der Waals surface area contributed by atoms with Gasteiger partial charge in [-0.15, -0.1) is 0 Å². The van der Waals surface area contributed by atoms with Gasteiger partial charge in [-0.3, -0.25) is 20.4 Å². The van der Waals surface area contributed by atoms with E-state index in [4.69, 9.17) is 4.74 Å². The van der Waals surface area contributed by atoms with Crippen LogP contribution in [0.4, 0.5) is 0 Å². The van der Waals surface area contributed by atoms with E-state index in [9.17, 15) is 9.59 Å². The minimum atomic E-state index is -0.438. The Morgan fingerprint density at radius 2 is 1.76 bits per heavy atom. The number of carbonyl (C=O) groups excluding carboxylic acids is 2. The second-order valence-electron chi connectivity index (χ2n) is 5.23. The number of amides is 2. The lowest BCUT2D eigenvalue weighted by atomic mass is 10.2. The molecule has 2 aromatic carbocycles. The number of unbranched alkanes of at least 4 members (excludes halogenated alkanes) is 1. The number of rotatable bonds is 6. The highest BCUT2D eigenvalue weighted by molar-refractivity contribution is 14.1.